The molecule has 0 amide bonds. The molecule has 1 unspecified atom stereocenters. The van der Waals surface area contributed by atoms with E-state index in [9.17, 15) is 13.2 Å². The van der Waals surface area contributed by atoms with Crippen LogP contribution in [0.1, 0.15) is 54.7 Å². The third-order valence-corrected chi connectivity index (χ3v) is 9.99. The van der Waals surface area contributed by atoms with E-state index in [1.165, 1.54) is 12.1 Å². The summed E-state index contributed by atoms with van der Waals surface area (Å²) in [5, 5.41) is 15.8. The Morgan fingerprint density at radius 3 is 2.52 bits per heavy atom. The number of nitrogens with zero attached hydrogens (tertiary/aromatic N) is 5. The van der Waals surface area contributed by atoms with Crippen LogP contribution in [0, 0.1) is 5.41 Å². The van der Waals surface area contributed by atoms with Crippen molar-refractivity contribution in [3.8, 4) is 16.9 Å². The second-order valence-electron chi connectivity index (χ2n) is 13.2. The Hall–Kier alpha value is -4.64. The van der Waals surface area contributed by atoms with Crippen LogP contribution in [0.5, 0.6) is 5.75 Å². The third-order valence-electron chi connectivity index (χ3n) is 8.75. The standard InChI is InChI=1S/C37H35F3N6OS/c1-23-16-29-32(47-22-28-13-12-26(20-41-28)25-9-5-4-6-10-25)15-14-30-34(29)35(48-23)31(18-36(2,3)19-33-42-44-45-43-33)46(30)21-24-8-7-11-27(17-24)37(38,39)40/h4-15,17,20,23H,16,18-19,21-22H2,1-3H3,(H,42,43,44,45). The number of H-pyrrole nitrogens is 1. The lowest BCUT2D eigenvalue weighted by Crippen LogP contribution is -2.22. The Morgan fingerprint density at radius 2 is 1.79 bits per heavy atom. The first-order chi connectivity index (χ1) is 23.0. The van der Waals surface area contributed by atoms with Crippen molar-refractivity contribution in [2.75, 3.05) is 0 Å². The van der Waals surface area contributed by atoms with Gasteiger partial charge >= 0.3 is 6.18 Å². The summed E-state index contributed by atoms with van der Waals surface area (Å²) in [6.45, 7) is 7.16. The topological polar surface area (TPSA) is 81.5 Å². The Bertz CT molecular complexity index is 2040. The van der Waals surface area contributed by atoms with Gasteiger partial charge in [0.2, 0.25) is 0 Å². The summed E-state index contributed by atoms with van der Waals surface area (Å²) >= 11 is 1.82. The molecule has 3 aromatic heterocycles. The van der Waals surface area contributed by atoms with Crippen molar-refractivity contribution in [1.29, 1.82) is 0 Å². The van der Waals surface area contributed by atoms with Crippen LogP contribution in [-0.4, -0.2) is 35.4 Å². The number of benzene rings is 3. The fourth-order valence-corrected chi connectivity index (χ4v) is 7.89. The van der Waals surface area contributed by atoms with Gasteiger partial charge in [0.25, 0.3) is 0 Å². The Kier molecular flexibility index (Phi) is 8.49. The first kappa shape index (κ1) is 31.9. The van der Waals surface area contributed by atoms with Gasteiger partial charge in [-0.2, -0.15) is 13.2 Å². The van der Waals surface area contributed by atoms with Crippen molar-refractivity contribution in [1.82, 2.24) is 30.2 Å². The molecule has 1 aliphatic rings. The summed E-state index contributed by atoms with van der Waals surface area (Å²) in [4.78, 5) is 5.82. The zero-order valence-electron chi connectivity index (χ0n) is 26.9. The number of aromatic amines is 1. The Morgan fingerprint density at radius 1 is 0.958 bits per heavy atom. The van der Waals surface area contributed by atoms with Crippen molar-refractivity contribution >= 4 is 22.7 Å². The highest BCUT2D eigenvalue weighted by molar-refractivity contribution is 8.00. The van der Waals surface area contributed by atoms with Crippen LogP contribution in [0.4, 0.5) is 13.2 Å². The molecule has 0 radical (unpaired) electrons. The van der Waals surface area contributed by atoms with Gasteiger partial charge in [-0.1, -0.05) is 69.3 Å². The van der Waals surface area contributed by atoms with Crippen LogP contribution in [0.25, 0.3) is 22.0 Å². The fourth-order valence-electron chi connectivity index (χ4n) is 6.57. The van der Waals surface area contributed by atoms with Gasteiger partial charge in [-0.05, 0) is 70.1 Å². The second-order valence-corrected chi connectivity index (χ2v) is 14.6. The molecule has 7 rings (SSSR count). The van der Waals surface area contributed by atoms with Crippen molar-refractivity contribution in [2.24, 2.45) is 5.41 Å². The smallest absolute Gasteiger partial charge is 0.416 e. The lowest BCUT2D eigenvalue weighted by atomic mass is 9.84. The molecule has 6 aromatic rings. The van der Waals surface area contributed by atoms with Crippen LogP contribution in [-0.2, 0) is 38.6 Å². The van der Waals surface area contributed by atoms with E-state index in [-0.39, 0.29) is 10.7 Å². The summed E-state index contributed by atoms with van der Waals surface area (Å²) in [7, 11) is 0. The van der Waals surface area contributed by atoms with E-state index in [1.54, 1.807) is 6.07 Å². The predicted octanol–water partition coefficient (Wildman–Crippen LogP) is 8.71. The van der Waals surface area contributed by atoms with Gasteiger partial charge in [-0.15, -0.1) is 16.9 Å². The summed E-state index contributed by atoms with van der Waals surface area (Å²) in [6.07, 6.45) is -0.453. The maximum Gasteiger partial charge on any atom is 0.416 e. The predicted molar refractivity (Wildman–Crippen MR) is 181 cm³/mol. The van der Waals surface area contributed by atoms with E-state index >= 15 is 0 Å². The third kappa shape index (κ3) is 6.69. The van der Waals surface area contributed by atoms with Crippen molar-refractivity contribution < 1.29 is 17.9 Å². The maximum atomic E-state index is 13.7. The molecule has 0 spiro atoms. The fraction of sp³-hybridized carbons (Fsp3) is 0.297. The van der Waals surface area contributed by atoms with Crippen LogP contribution >= 0.6 is 11.8 Å². The van der Waals surface area contributed by atoms with E-state index in [0.717, 1.165) is 62.1 Å². The largest absolute Gasteiger partial charge is 0.487 e. The summed E-state index contributed by atoms with van der Waals surface area (Å²) in [5.41, 5.74) is 5.87. The number of ether oxygens (including phenoxy) is 1. The minimum absolute atomic E-state index is 0.254. The number of nitrogens with one attached hydrogen (secondary N) is 1. The molecule has 0 saturated heterocycles. The van der Waals surface area contributed by atoms with E-state index in [0.29, 0.717) is 37.4 Å². The SMILES string of the molecule is CC1Cc2c(OCc3ccc(-c4ccccc4)cn3)ccc3c2c(c(CC(C)(C)Cc2nnn[nH]2)n3Cc2cccc(C(F)(F)F)c2)S1. The molecule has 0 saturated carbocycles. The van der Waals surface area contributed by atoms with Gasteiger partial charge in [0.15, 0.2) is 0 Å². The molecule has 7 nitrogen and oxygen atoms in total. The molecule has 0 bridgehead atoms. The lowest BCUT2D eigenvalue weighted by Gasteiger charge is -2.26. The average molecular weight is 669 g/mol. The number of alkyl halides is 3. The van der Waals surface area contributed by atoms with E-state index in [2.05, 4.69) is 69.1 Å². The first-order valence-corrected chi connectivity index (χ1v) is 16.8. The van der Waals surface area contributed by atoms with Crippen molar-refractivity contribution in [2.45, 2.75) is 69.5 Å². The van der Waals surface area contributed by atoms with E-state index < -0.39 is 11.7 Å². The number of hydrogen-bond donors (Lipinski definition) is 1. The molecule has 1 atom stereocenters. The summed E-state index contributed by atoms with van der Waals surface area (Å²) in [5.74, 6) is 1.50. The molecular formula is C37H35F3N6OS. The molecular weight excluding hydrogens is 634 g/mol. The van der Waals surface area contributed by atoms with E-state index in [1.807, 2.05) is 54.4 Å². The van der Waals surface area contributed by atoms with Crippen LogP contribution < -0.4 is 4.74 Å². The molecule has 1 N–H and O–H groups in total. The van der Waals surface area contributed by atoms with Gasteiger partial charge < -0.3 is 9.30 Å². The monoisotopic (exact) mass is 668 g/mol. The number of pyridine rings is 1. The normalized spacial score (nSPS) is 14.8. The maximum absolute atomic E-state index is 13.7. The Labute approximate surface area is 280 Å². The first-order valence-electron chi connectivity index (χ1n) is 15.9. The molecule has 3 aromatic carbocycles. The number of aromatic nitrogens is 6. The van der Waals surface area contributed by atoms with Gasteiger partial charge in [-0.25, -0.2) is 5.10 Å². The zero-order chi connectivity index (χ0) is 33.5. The molecule has 48 heavy (non-hydrogen) atoms. The zero-order valence-corrected chi connectivity index (χ0v) is 27.7. The number of tetrazole rings is 1. The molecule has 246 valence electrons. The van der Waals surface area contributed by atoms with Crippen LogP contribution in [0.15, 0.2) is 90.0 Å². The highest BCUT2D eigenvalue weighted by atomic mass is 32.2. The Balaban J connectivity index is 1.26. The molecule has 11 heteroatoms. The van der Waals surface area contributed by atoms with Gasteiger partial charge in [0.05, 0.1) is 16.8 Å². The molecule has 1 aliphatic heterocycles. The van der Waals surface area contributed by atoms with Gasteiger partial charge in [0.1, 0.15) is 18.2 Å². The van der Waals surface area contributed by atoms with Crippen molar-refractivity contribution in [3.63, 3.8) is 0 Å². The lowest BCUT2D eigenvalue weighted by molar-refractivity contribution is -0.137. The number of thioether (sulfide) groups is 1. The second kappa shape index (κ2) is 12.8. The number of rotatable bonds is 10. The van der Waals surface area contributed by atoms with Crippen molar-refractivity contribution in [3.05, 3.63) is 119 Å². The number of hydrogen-bond acceptors (Lipinski definition) is 6. The molecule has 4 heterocycles. The van der Waals surface area contributed by atoms with Crippen LogP contribution in [0.2, 0.25) is 0 Å². The minimum Gasteiger partial charge on any atom is -0.487 e. The van der Waals surface area contributed by atoms with E-state index in [4.69, 9.17) is 4.74 Å². The van der Waals surface area contributed by atoms with Gasteiger partial charge in [0, 0.05) is 51.5 Å². The quantitative estimate of drug-likeness (QED) is 0.157. The molecule has 0 fully saturated rings. The molecule has 0 aliphatic carbocycles. The highest BCUT2D eigenvalue weighted by Crippen LogP contribution is 2.48. The van der Waals surface area contributed by atoms with Crippen LogP contribution in [0.3, 0.4) is 0 Å². The summed E-state index contributed by atoms with van der Waals surface area (Å²) < 4.78 is 49.7. The van der Waals surface area contributed by atoms with Gasteiger partial charge in [-0.3, -0.25) is 4.98 Å². The summed E-state index contributed by atoms with van der Waals surface area (Å²) in [6, 6.07) is 23.8. The highest BCUT2D eigenvalue weighted by Gasteiger charge is 2.33. The minimum atomic E-state index is -4.42. The number of halogens is 3. The average Bonchev–Trinajstić information content (AvgIpc) is 3.67.